The number of ether oxygens (including phenoxy) is 2. The summed E-state index contributed by atoms with van der Waals surface area (Å²) >= 11 is 0. The molecule has 1 fully saturated rings. The number of rotatable bonds is 7. The Kier molecular flexibility index (Phi) is 7.00. The third kappa shape index (κ3) is 4.95. The van der Waals surface area contributed by atoms with E-state index in [2.05, 4.69) is 24.4 Å². The predicted octanol–water partition coefficient (Wildman–Crippen LogP) is 3.39. The van der Waals surface area contributed by atoms with Gasteiger partial charge in [0.05, 0.1) is 13.2 Å². The van der Waals surface area contributed by atoms with E-state index in [1.165, 1.54) is 24.0 Å². The van der Waals surface area contributed by atoms with E-state index in [-0.39, 0.29) is 5.91 Å². The number of nitrogens with zero attached hydrogens (tertiary/aromatic N) is 1. The van der Waals surface area contributed by atoms with E-state index in [1.807, 2.05) is 18.7 Å². The van der Waals surface area contributed by atoms with Crippen LogP contribution in [-0.4, -0.2) is 43.7 Å². The molecule has 2 unspecified atom stereocenters. The molecular weight excluding hydrogens is 340 g/mol. The number of benzene rings is 1. The maximum absolute atomic E-state index is 12.9. The summed E-state index contributed by atoms with van der Waals surface area (Å²) in [6, 6.07) is 4.17. The summed E-state index contributed by atoms with van der Waals surface area (Å²) in [4.78, 5) is 14.9. The molecule has 0 bridgehead atoms. The standard InChI is InChI=1S/C22H34N2O3/c1-4-26-20-12-17-8-10-24(15-19(17)13-21(20)27-5-2)22(25)11-16(3)18-7-6-9-23-14-18/h12-13,16,18,23H,4-11,14-15H2,1-3H3. The molecule has 0 radical (unpaired) electrons. The highest BCUT2D eigenvalue weighted by molar-refractivity contribution is 5.77. The molecular formula is C22H34N2O3. The molecule has 1 N–H and O–H groups in total. The van der Waals surface area contributed by atoms with Gasteiger partial charge in [-0.3, -0.25) is 4.79 Å². The molecule has 2 heterocycles. The van der Waals surface area contributed by atoms with E-state index >= 15 is 0 Å². The van der Waals surface area contributed by atoms with E-state index in [4.69, 9.17) is 9.47 Å². The van der Waals surface area contributed by atoms with Crippen molar-refractivity contribution in [2.45, 2.75) is 53.0 Å². The lowest BCUT2D eigenvalue weighted by Gasteiger charge is -2.33. The molecule has 0 aliphatic carbocycles. The fourth-order valence-corrected chi connectivity index (χ4v) is 4.25. The van der Waals surface area contributed by atoms with Crippen molar-refractivity contribution < 1.29 is 14.3 Å². The maximum Gasteiger partial charge on any atom is 0.223 e. The average molecular weight is 375 g/mol. The fraction of sp³-hybridized carbons (Fsp3) is 0.682. The molecule has 1 aromatic rings. The highest BCUT2D eigenvalue weighted by Crippen LogP contribution is 2.34. The Labute approximate surface area is 163 Å². The van der Waals surface area contributed by atoms with E-state index in [0.29, 0.717) is 38.0 Å². The zero-order valence-corrected chi connectivity index (χ0v) is 17.1. The van der Waals surface area contributed by atoms with Gasteiger partial charge < -0.3 is 19.7 Å². The van der Waals surface area contributed by atoms with Crippen molar-refractivity contribution in [3.05, 3.63) is 23.3 Å². The van der Waals surface area contributed by atoms with E-state index in [9.17, 15) is 4.79 Å². The molecule has 1 saturated heterocycles. The Morgan fingerprint density at radius 1 is 1.22 bits per heavy atom. The molecule has 0 spiro atoms. The van der Waals surface area contributed by atoms with Crippen LogP contribution in [-0.2, 0) is 17.8 Å². The number of carbonyl (C=O) groups excluding carboxylic acids is 1. The molecule has 2 aliphatic rings. The Morgan fingerprint density at radius 2 is 1.93 bits per heavy atom. The fourth-order valence-electron chi connectivity index (χ4n) is 4.25. The van der Waals surface area contributed by atoms with Crippen molar-refractivity contribution in [3.8, 4) is 11.5 Å². The highest BCUT2D eigenvalue weighted by atomic mass is 16.5. The number of nitrogens with one attached hydrogen (secondary N) is 1. The molecule has 1 aromatic carbocycles. The van der Waals surface area contributed by atoms with E-state index in [0.717, 1.165) is 37.6 Å². The summed E-state index contributed by atoms with van der Waals surface area (Å²) in [6.07, 6.45) is 3.99. The molecule has 5 nitrogen and oxygen atoms in total. The number of fused-ring (bicyclic) bond motifs is 1. The lowest BCUT2D eigenvalue weighted by Crippen LogP contribution is -2.39. The lowest BCUT2D eigenvalue weighted by molar-refractivity contribution is -0.133. The largest absolute Gasteiger partial charge is 0.490 e. The second kappa shape index (κ2) is 9.45. The van der Waals surface area contributed by atoms with Crippen molar-refractivity contribution >= 4 is 5.91 Å². The Bertz CT molecular complexity index is 641. The third-order valence-electron chi connectivity index (χ3n) is 5.87. The van der Waals surface area contributed by atoms with Crippen LogP contribution in [0.3, 0.4) is 0 Å². The number of piperidine rings is 1. The molecule has 150 valence electrons. The van der Waals surface area contributed by atoms with E-state index in [1.54, 1.807) is 0 Å². The van der Waals surface area contributed by atoms with Gasteiger partial charge in [0.2, 0.25) is 5.91 Å². The van der Waals surface area contributed by atoms with Gasteiger partial charge in [-0.1, -0.05) is 6.92 Å². The van der Waals surface area contributed by atoms with Crippen LogP contribution < -0.4 is 14.8 Å². The van der Waals surface area contributed by atoms with Gasteiger partial charge in [0, 0.05) is 19.5 Å². The number of hydrogen-bond donors (Lipinski definition) is 1. The van der Waals surface area contributed by atoms with Crippen molar-refractivity contribution in [1.82, 2.24) is 10.2 Å². The van der Waals surface area contributed by atoms with Gasteiger partial charge in [0.25, 0.3) is 0 Å². The number of carbonyl (C=O) groups is 1. The third-order valence-corrected chi connectivity index (χ3v) is 5.87. The summed E-state index contributed by atoms with van der Waals surface area (Å²) in [6.45, 7) is 11.1. The first-order valence-corrected chi connectivity index (χ1v) is 10.5. The minimum absolute atomic E-state index is 0.283. The molecule has 1 amide bonds. The molecule has 0 saturated carbocycles. The van der Waals surface area contributed by atoms with Gasteiger partial charge in [0.15, 0.2) is 11.5 Å². The second-order valence-corrected chi connectivity index (χ2v) is 7.79. The first-order chi connectivity index (χ1) is 13.1. The predicted molar refractivity (Wildman–Crippen MR) is 107 cm³/mol. The summed E-state index contributed by atoms with van der Waals surface area (Å²) in [5.41, 5.74) is 2.46. The van der Waals surface area contributed by atoms with Crippen LogP contribution in [0.15, 0.2) is 12.1 Å². The lowest BCUT2D eigenvalue weighted by atomic mass is 9.85. The van der Waals surface area contributed by atoms with Crippen molar-refractivity contribution in [2.24, 2.45) is 11.8 Å². The Hall–Kier alpha value is -1.75. The minimum atomic E-state index is 0.283. The molecule has 0 aromatic heterocycles. The maximum atomic E-state index is 12.9. The van der Waals surface area contributed by atoms with Gasteiger partial charge in [0.1, 0.15) is 0 Å². The zero-order chi connectivity index (χ0) is 19.2. The van der Waals surface area contributed by atoms with Crippen LogP contribution in [0.5, 0.6) is 11.5 Å². The van der Waals surface area contributed by atoms with Crippen molar-refractivity contribution in [1.29, 1.82) is 0 Å². The monoisotopic (exact) mass is 374 g/mol. The summed E-state index contributed by atoms with van der Waals surface area (Å²) in [7, 11) is 0. The molecule has 2 atom stereocenters. The van der Waals surface area contributed by atoms with Crippen LogP contribution in [0, 0.1) is 11.8 Å². The summed E-state index contributed by atoms with van der Waals surface area (Å²) in [5.74, 6) is 2.94. The van der Waals surface area contributed by atoms with Gasteiger partial charge >= 0.3 is 0 Å². The topological polar surface area (TPSA) is 50.8 Å². The quantitative estimate of drug-likeness (QED) is 0.795. The number of amides is 1. The highest BCUT2D eigenvalue weighted by Gasteiger charge is 2.27. The number of hydrogen-bond acceptors (Lipinski definition) is 4. The first kappa shape index (κ1) is 20.0. The van der Waals surface area contributed by atoms with Gasteiger partial charge in [-0.05, 0) is 81.3 Å². The van der Waals surface area contributed by atoms with Gasteiger partial charge in [-0.15, -0.1) is 0 Å². The van der Waals surface area contributed by atoms with Gasteiger partial charge in [-0.25, -0.2) is 0 Å². The molecule has 2 aliphatic heterocycles. The molecule has 5 heteroatoms. The second-order valence-electron chi connectivity index (χ2n) is 7.79. The van der Waals surface area contributed by atoms with Crippen LogP contribution in [0.25, 0.3) is 0 Å². The smallest absolute Gasteiger partial charge is 0.223 e. The van der Waals surface area contributed by atoms with Crippen LogP contribution >= 0.6 is 0 Å². The molecule has 3 rings (SSSR count). The normalized spacial score (nSPS) is 20.7. The molecule has 27 heavy (non-hydrogen) atoms. The van der Waals surface area contributed by atoms with Crippen molar-refractivity contribution in [2.75, 3.05) is 32.8 Å². The minimum Gasteiger partial charge on any atom is -0.490 e. The van der Waals surface area contributed by atoms with Crippen LogP contribution in [0.2, 0.25) is 0 Å². The van der Waals surface area contributed by atoms with Crippen LogP contribution in [0.1, 0.15) is 51.2 Å². The Balaban J connectivity index is 1.65. The van der Waals surface area contributed by atoms with Crippen LogP contribution in [0.4, 0.5) is 0 Å². The van der Waals surface area contributed by atoms with Crippen molar-refractivity contribution in [3.63, 3.8) is 0 Å². The van der Waals surface area contributed by atoms with E-state index < -0.39 is 0 Å². The SMILES string of the molecule is CCOc1cc2c(cc1OCC)CN(C(=O)CC(C)C1CCCNC1)CC2. The summed E-state index contributed by atoms with van der Waals surface area (Å²) in [5, 5.41) is 3.46. The Morgan fingerprint density at radius 3 is 2.56 bits per heavy atom. The first-order valence-electron chi connectivity index (χ1n) is 10.5. The average Bonchev–Trinajstić information content (AvgIpc) is 2.69. The van der Waals surface area contributed by atoms with Gasteiger partial charge in [-0.2, -0.15) is 0 Å². The summed E-state index contributed by atoms with van der Waals surface area (Å²) < 4.78 is 11.5. The zero-order valence-electron chi connectivity index (χ0n) is 17.1.